The predicted molar refractivity (Wildman–Crippen MR) is 95.5 cm³/mol. The number of aryl methyl sites for hydroxylation is 1. The number of nitrogens with one attached hydrogen (secondary N) is 1. The van der Waals surface area contributed by atoms with Crippen LogP contribution in [0.2, 0.25) is 0 Å². The average Bonchev–Trinajstić information content (AvgIpc) is 2.43. The fourth-order valence-corrected chi connectivity index (χ4v) is 2.77. The van der Waals surface area contributed by atoms with E-state index in [1.807, 2.05) is 33.8 Å². The van der Waals surface area contributed by atoms with E-state index in [0.717, 1.165) is 23.0 Å². The standard InChI is InChI=1S/C16H25BrN4O2/c1-10-12(17)9-13(18)14(19-10)20-11-5-7-21(8-6-11)15(22)23-16(2,3)4/h9,11H,5-8,18H2,1-4H3,(H,19,20). The van der Waals surface area contributed by atoms with Gasteiger partial charge < -0.3 is 20.7 Å². The smallest absolute Gasteiger partial charge is 0.410 e. The molecule has 0 aromatic carbocycles. The molecule has 0 atom stereocenters. The molecule has 2 rings (SSSR count). The Hall–Kier alpha value is -1.50. The summed E-state index contributed by atoms with van der Waals surface area (Å²) in [5.74, 6) is 0.710. The number of anilines is 2. The molecule has 1 aliphatic heterocycles. The van der Waals surface area contributed by atoms with Gasteiger partial charge in [0.2, 0.25) is 0 Å². The van der Waals surface area contributed by atoms with Gasteiger partial charge in [-0.1, -0.05) is 0 Å². The average molecular weight is 385 g/mol. The summed E-state index contributed by atoms with van der Waals surface area (Å²) in [4.78, 5) is 18.3. The summed E-state index contributed by atoms with van der Waals surface area (Å²) < 4.78 is 6.31. The van der Waals surface area contributed by atoms with Gasteiger partial charge in [0.05, 0.1) is 11.4 Å². The van der Waals surface area contributed by atoms with Crippen LogP contribution in [-0.2, 0) is 4.74 Å². The van der Waals surface area contributed by atoms with Crippen molar-refractivity contribution in [1.82, 2.24) is 9.88 Å². The lowest BCUT2D eigenvalue weighted by atomic mass is 10.1. The number of amides is 1. The maximum absolute atomic E-state index is 12.1. The number of nitrogens with two attached hydrogens (primary N) is 1. The van der Waals surface area contributed by atoms with Gasteiger partial charge in [0.1, 0.15) is 11.4 Å². The van der Waals surface area contributed by atoms with E-state index in [1.165, 1.54) is 0 Å². The van der Waals surface area contributed by atoms with Crippen molar-refractivity contribution < 1.29 is 9.53 Å². The first-order valence-electron chi connectivity index (χ1n) is 7.83. The zero-order valence-corrected chi connectivity index (χ0v) is 15.7. The molecule has 2 heterocycles. The zero-order valence-electron chi connectivity index (χ0n) is 14.1. The van der Waals surface area contributed by atoms with E-state index in [0.29, 0.717) is 24.6 Å². The second kappa shape index (κ2) is 6.95. The Balaban J connectivity index is 1.90. The fraction of sp³-hybridized carbons (Fsp3) is 0.625. The first-order valence-corrected chi connectivity index (χ1v) is 8.62. The number of pyridine rings is 1. The number of nitrogens with zero attached hydrogens (tertiary/aromatic N) is 2. The molecule has 6 nitrogen and oxygen atoms in total. The fourth-order valence-electron chi connectivity index (χ4n) is 2.44. The molecule has 1 aromatic heterocycles. The Morgan fingerprint density at radius 1 is 1.43 bits per heavy atom. The number of aromatic nitrogens is 1. The zero-order chi connectivity index (χ0) is 17.2. The van der Waals surface area contributed by atoms with Gasteiger partial charge in [0.15, 0.2) is 0 Å². The van der Waals surface area contributed by atoms with Crippen molar-refractivity contribution in [3.63, 3.8) is 0 Å². The van der Waals surface area contributed by atoms with Crippen molar-refractivity contribution in [3.05, 3.63) is 16.2 Å². The van der Waals surface area contributed by atoms with E-state index >= 15 is 0 Å². The van der Waals surface area contributed by atoms with Gasteiger partial charge in [0.25, 0.3) is 0 Å². The summed E-state index contributed by atoms with van der Waals surface area (Å²) in [5, 5.41) is 3.39. The number of halogens is 1. The molecule has 0 radical (unpaired) electrons. The first-order chi connectivity index (χ1) is 10.7. The van der Waals surface area contributed by atoms with Crippen LogP contribution in [0.4, 0.5) is 16.3 Å². The van der Waals surface area contributed by atoms with Crippen LogP contribution in [0.3, 0.4) is 0 Å². The molecule has 1 saturated heterocycles. The van der Waals surface area contributed by atoms with Gasteiger partial charge in [-0.05, 0) is 62.5 Å². The molecule has 1 aliphatic rings. The van der Waals surface area contributed by atoms with Crippen molar-refractivity contribution in [2.45, 2.75) is 52.2 Å². The summed E-state index contributed by atoms with van der Waals surface area (Å²) in [7, 11) is 0. The van der Waals surface area contributed by atoms with Gasteiger partial charge in [-0.25, -0.2) is 9.78 Å². The SMILES string of the molecule is Cc1nc(NC2CCN(C(=O)OC(C)(C)C)CC2)c(N)cc1Br. The topological polar surface area (TPSA) is 80.5 Å². The number of carbonyl (C=O) groups is 1. The number of hydrogen-bond acceptors (Lipinski definition) is 5. The van der Waals surface area contributed by atoms with E-state index in [-0.39, 0.29) is 12.1 Å². The van der Waals surface area contributed by atoms with Gasteiger partial charge >= 0.3 is 6.09 Å². The Morgan fingerprint density at radius 2 is 2.04 bits per heavy atom. The molecule has 1 aromatic rings. The summed E-state index contributed by atoms with van der Waals surface area (Å²) in [6.45, 7) is 8.90. The minimum Gasteiger partial charge on any atom is -0.444 e. The third-order valence-corrected chi connectivity index (χ3v) is 4.47. The Bertz CT molecular complexity index is 578. The number of carbonyl (C=O) groups excluding carboxylic acids is 1. The highest BCUT2D eigenvalue weighted by molar-refractivity contribution is 9.10. The largest absolute Gasteiger partial charge is 0.444 e. The number of hydrogen-bond donors (Lipinski definition) is 2. The molecular formula is C16H25BrN4O2. The first kappa shape index (κ1) is 17.8. The summed E-state index contributed by atoms with van der Waals surface area (Å²) in [5.41, 5.74) is 7.07. The van der Waals surface area contributed by atoms with Crippen molar-refractivity contribution in [3.8, 4) is 0 Å². The van der Waals surface area contributed by atoms with Crippen LogP contribution >= 0.6 is 15.9 Å². The third-order valence-electron chi connectivity index (χ3n) is 3.67. The molecule has 0 spiro atoms. The highest BCUT2D eigenvalue weighted by Crippen LogP contribution is 2.26. The van der Waals surface area contributed by atoms with E-state index in [4.69, 9.17) is 10.5 Å². The highest BCUT2D eigenvalue weighted by Gasteiger charge is 2.27. The number of ether oxygens (including phenoxy) is 1. The van der Waals surface area contributed by atoms with Crippen LogP contribution in [0.1, 0.15) is 39.3 Å². The van der Waals surface area contributed by atoms with Gasteiger partial charge in [-0.15, -0.1) is 0 Å². The Kier molecular flexibility index (Phi) is 5.39. The van der Waals surface area contributed by atoms with Crippen molar-refractivity contribution in [1.29, 1.82) is 0 Å². The number of rotatable bonds is 2. The number of piperidine rings is 1. The van der Waals surface area contributed by atoms with Crippen molar-refractivity contribution >= 4 is 33.5 Å². The van der Waals surface area contributed by atoms with Crippen molar-refractivity contribution in [2.24, 2.45) is 0 Å². The molecule has 0 saturated carbocycles. The monoisotopic (exact) mass is 384 g/mol. The van der Waals surface area contributed by atoms with Crippen LogP contribution in [0.25, 0.3) is 0 Å². The number of likely N-dealkylation sites (tertiary alicyclic amines) is 1. The van der Waals surface area contributed by atoms with Crippen LogP contribution in [-0.4, -0.2) is 40.7 Å². The molecule has 0 unspecified atom stereocenters. The molecule has 1 amide bonds. The highest BCUT2D eigenvalue weighted by atomic mass is 79.9. The summed E-state index contributed by atoms with van der Waals surface area (Å²) in [6.07, 6.45) is 1.44. The maximum Gasteiger partial charge on any atom is 0.410 e. The molecule has 0 bridgehead atoms. The van der Waals surface area contributed by atoms with Gasteiger partial charge in [-0.3, -0.25) is 0 Å². The summed E-state index contributed by atoms with van der Waals surface area (Å²) in [6, 6.07) is 2.12. The lowest BCUT2D eigenvalue weighted by Crippen LogP contribution is -2.44. The lowest BCUT2D eigenvalue weighted by Gasteiger charge is -2.34. The van der Waals surface area contributed by atoms with E-state index in [9.17, 15) is 4.79 Å². The van der Waals surface area contributed by atoms with E-state index in [2.05, 4.69) is 26.2 Å². The number of nitrogen functional groups attached to an aromatic ring is 1. The third kappa shape index (κ3) is 4.99. The van der Waals surface area contributed by atoms with Crippen molar-refractivity contribution in [2.75, 3.05) is 24.1 Å². The molecule has 7 heteroatoms. The van der Waals surface area contributed by atoms with Crippen LogP contribution < -0.4 is 11.1 Å². The molecule has 3 N–H and O–H groups in total. The molecule has 0 aliphatic carbocycles. The van der Waals surface area contributed by atoms with E-state index < -0.39 is 5.60 Å². The Labute approximate surface area is 145 Å². The lowest BCUT2D eigenvalue weighted by molar-refractivity contribution is 0.0210. The summed E-state index contributed by atoms with van der Waals surface area (Å²) >= 11 is 3.42. The van der Waals surface area contributed by atoms with Gasteiger partial charge in [0, 0.05) is 23.6 Å². The predicted octanol–water partition coefficient (Wildman–Crippen LogP) is 3.55. The quantitative estimate of drug-likeness (QED) is 0.814. The van der Waals surface area contributed by atoms with Gasteiger partial charge in [-0.2, -0.15) is 0 Å². The Morgan fingerprint density at radius 3 is 2.61 bits per heavy atom. The minimum absolute atomic E-state index is 0.243. The van der Waals surface area contributed by atoms with E-state index in [1.54, 1.807) is 4.90 Å². The molecule has 23 heavy (non-hydrogen) atoms. The maximum atomic E-state index is 12.1. The normalized spacial score (nSPS) is 16.3. The van der Waals surface area contributed by atoms with Crippen LogP contribution in [0, 0.1) is 6.92 Å². The molecule has 128 valence electrons. The molecular weight excluding hydrogens is 360 g/mol. The second-order valence-corrected chi connectivity index (χ2v) is 7.73. The van der Waals surface area contributed by atoms with Crippen LogP contribution in [0.5, 0.6) is 0 Å². The molecule has 1 fully saturated rings. The van der Waals surface area contributed by atoms with Crippen LogP contribution in [0.15, 0.2) is 10.5 Å². The minimum atomic E-state index is -0.459. The second-order valence-electron chi connectivity index (χ2n) is 6.88.